The van der Waals surface area contributed by atoms with Gasteiger partial charge in [-0.25, -0.2) is 0 Å². The summed E-state index contributed by atoms with van der Waals surface area (Å²) in [7, 11) is 1.55. The Morgan fingerprint density at radius 1 is 1.47 bits per heavy atom. The van der Waals surface area contributed by atoms with E-state index in [1.54, 1.807) is 25.3 Å². The number of rotatable bonds is 3. The topological polar surface area (TPSA) is 73.6 Å². The van der Waals surface area contributed by atoms with E-state index in [1.165, 1.54) is 0 Å². The predicted octanol–water partition coefficient (Wildman–Crippen LogP) is 1.33. The summed E-state index contributed by atoms with van der Waals surface area (Å²) in [5, 5.41) is 3.03. The van der Waals surface area contributed by atoms with Crippen molar-refractivity contribution in [2.75, 3.05) is 12.8 Å². The van der Waals surface area contributed by atoms with Gasteiger partial charge in [0.25, 0.3) is 5.91 Å². The lowest BCUT2D eigenvalue weighted by Crippen LogP contribution is -2.41. The molecule has 1 aromatic rings. The summed E-state index contributed by atoms with van der Waals surface area (Å²) in [5.74, 6) is 0.482. The number of fused-ring (bicyclic) bond motifs is 2. The van der Waals surface area contributed by atoms with Gasteiger partial charge in [-0.3, -0.25) is 4.79 Å². The SMILES string of the molecule is COc1ccc(C(=O)NC2CC3CCC2O3)cc1N. The molecule has 2 bridgehead atoms. The third kappa shape index (κ3) is 2.26. The summed E-state index contributed by atoms with van der Waals surface area (Å²) in [5.41, 5.74) is 6.84. The van der Waals surface area contributed by atoms with Gasteiger partial charge in [0.15, 0.2) is 0 Å². The van der Waals surface area contributed by atoms with Gasteiger partial charge in [-0.15, -0.1) is 0 Å². The van der Waals surface area contributed by atoms with Crippen molar-refractivity contribution >= 4 is 11.6 Å². The highest BCUT2D eigenvalue weighted by Gasteiger charge is 2.41. The largest absolute Gasteiger partial charge is 0.495 e. The van der Waals surface area contributed by atoms with Gasteiger partial charge in [-0.05, 0) is 37.5 Å². The van der Waals surface area contributed by atoms with Gasteiger partial charge in [0.2, 0.25) is 0 Å². The van der Waals surface area contributed by atoms with E-state index in [0.717, 1.165) is 19.3 Å². The van der Waals surface area contributed by atoms with Crippen molar-refractivity contribution in [1.29, 1.82) is 0 Å². The standard InChI is InChI=1S/C14H18N2O3/c1-18-12-4-2-8(6-10(12)15)14(17)16-11-7-9-3-5-13(11)19-9/h2,4,6,9,11,13H,3,5,7,15H2,1H3,(H,16,17). The van der Waals surface area contributed by atoms with Crippen molar-refractivity contribution in [1.82, 2.24) is 5.32 Å². The van der Waals surface area contributed by atoms with E-state index in [2.05, 4.69) is 5.32 Å². The van der Waals surface area contributed by atoms with E-state index >= 15 is 0 Å². The van der Waals surface area contributed by atoms with Crippen LogP contribution in [0, 0.1) is 0 Å². The Hall–Kier alpha value is -1.75. The molecule has 2 fully saturated rings. The van der Waals surface area contributed by atoms with E-state index in [-0.39, 0.29) is 18.1 Å². The Bertz CT molecular complexity index is 503. The van der Waals surface area contributed by atoms with Crippen molar-refractivity contribution in [3.8, 4) is 5.75 Å². The molecule has 5 nitrogen and oxygen atoms in total. The average molecular weight is 262 g/mol. The molecule has 0 aromatic heterocycles. The molecule has 19 heavy (non-hydrogen) atoms. The minimum Gasteiger partial charge on any atom is -0.495 e. The summed E-state index contributed by atoms with van der Waals surface area (Å²) in [6, 6.07) is 5.21. The van der Waals surface area contributed by atoms with Gasteiger partial charge in [0, 0.05) is 5.56 Å². The minimum absolute atomic E-state index is 0.101. The zero-order valence-electron chi connectivity index (χ0n) is 10.9. The van der Waals surface area contributed by atoms with E-state index in [9.17, 15) is 4.79 Å². The van der Waals surface area contributed by atoms with Crippen LogP contribution < -0.4 is 15.8 Å². The van der Waals surface area contributed by atoms with E-state index in [0.29, 0.717) is 23.1 Å². The second kappa shape index (κ2) is 4.74. The maximum atomic E-state index is 12.2. The number of hydrogen-bond acceptors (Lipinski definition) is 4. The molecule has 5 heteroatoms. The number of nitrogens with two attached hydrogens (primary N) is 1. The first-order valence-corrected chi connectivity index (χ1v) is 6.57. The lowest BCUT2D eigenvalue weighted by atomic mass is 9.95. The van der Waals surface area contributed by atoms with Gasteiger partial charge in [-0.1, -0.05) is 0 Å². The van der Waals surface area contributed by atoms with Crippen molar-refractivity contribution < 1.29 is 14.3 Å². The van der Waals surface area contributed by atoms with E-state index < -0.39 is 0 Å². The molecule has 0 aliphatic carbocycles. The monoisotopic (exact) mass is 262 g/mol. The number of carbonyl (C=O) groups excluding carboxylic acids is 1. The number of ether oxygens (including phenoxy) is 2. The fourth-order valence-corrected chi connectivity index (χ4v) is 2.92. The van der Waals surface area contributed by atoms with E-state index in [1.807, 2.05) is 0 Å². The first kappa shape index (κ1) is 12.3. The van der Waals surface area contributed by atoms with Crippen molar-refractivity contribution in [2.24, 2.45) is 0 Å². The number of carbonyl (C=O) groups is 1. The van der Waals surface area contributed by atoms with Gasteiger partial charge in [0.05, 0.1) is 31.0 Å². The van der Waals surface area contributed by atoms with Crippen LogP contribution in [0.1, 0.15) is 29.6 Å². The van der Waals surface area contributed by atoms with Gasteiger partial charge in [-0.2, -0.15) is 0 Å². The van der Waals surface area contributed by atoms with Gasteiger partial charge >= 0.3 is 0 Å². The molecule has 0 spiro atoms. The highest BCUT2D eigenvalue weighted by molar-refractivity contribution is 5.95. The van der Waals surface area contributed by atoms with Crippen LogP contribution in [0.3, 0.4) is 0 Å². The fraction of sp³-hybridized carbons (Fsp3) is 0.500. The molecule has 0 radical (unpaired) electrons. The minimum atomic E-state index is -0.101. The summed E-state index contributed by atoms with van der Waals surface area (Å²) in [6.45, 7) is 0. The number of amides is 1. The number of anilines is 1. The second-order valence-corrected chi connectivity index (χ2v) is 5.15. The van der Waals surface area contributed by atoms with Crippen LogP contribution in [0.15, 0.2) is 18.2 Å². The third-order valence-electron chi connectivity index (χ3n) is 3.91. The van der Waals surface area contributed by atoms with Crippen molar-refractivity contribution in [3.63, 3.8) is 0 Å². The molecule has 102 valence electrons. The lowest BCUT2D eigenvalue weighted by molar-refractivity contribution is 0.0841. The molecule has 2 heterocycles. The van der Waals surface area contributed by atoms with Crippen LogP contribution in [0.25, 0.3) is 0 Å². The Morgan fingerprint density at radius 3 is 2.89 bits per heavy atom. The second-order valence-electron chi connectivity index (χ2n) is 5.15. The van der Waals surface area contributed by atoms with E-state index in [4.69, 9.17) is 15.2 Å². The van der Waals surface area contributed by atoms with Crippen LogP contribution in [0.5, 0.6) is 5.75 Å². The first-order chi connectivity index (χ1) is 9.17. The Kier molecular flexibility index (Phi) is 3.06. The number of nitrogen functional groups attached to an aromatic ring is 1. The molecule has 3 unspecified atom stereocenters. The average Bonchev–Trinajstić information content (AvgIpc) is 3.00. The molecule has 3 rings (SSSR count). The summed E-state index contributed by atoms with van der Waals surface area (Å²) in [4.78, 5) is 12.2. The van der Waals surface area contributed by atoms with Crippen molar-refractivity contribution in [3.05, 3.63) is 23.8 Å². The Balaban J connectivity index is 1.69. The van der Waals surface area contributed by atoms with Crippen LogP contribution in [-0.4, -0.2) is 31.3 Å². The third-order valence-corrected chi connectivity index (χ3v) is 3.91. The molecule has 2 aliphatic rings. The molecule has 0 saturated carbocycles. The van der Waals surface area contributed by atoms with Gasteiger partial charge < -0.3 is 20.5 Å². The Labute approximate surface area is 112 Å². The normalized spacial score (nSPS) is 28.4. The highest BCUT2D eigenvalue weighted by atomic mass is 16.5. The smallest absolute Gasteiger partial charge is 0.251 e. The Morgan fingerprint density at radius 2 is 2.32 bits per heavy atom. The molecule has 2 aliphatic heterocycles. The highest BCUT2D eigenvalue weighted by Crippen LogP contribution is 2.34. The predicted molar refractivity (Wildman–Crippen MR) is 71.2 cm³/mol. The van der Waals surface area contributed by atoms with Crippen LogP contribution in [0.2, 0.25) is 0 Å². The maximum absolute atomic E-state index is 12.2. The quantitative estimate of drug-likeness (QED) is 0.806. The molecule has 1 amide bonds. The maximum Gasteiger partial charge on any atom is 0.251 e. The number of hydrogen-bond donors (Lipinski definition) is 2. The lowest BCUT2D eigenvalue weighted by Gasteiger charge is -2.20. The molecule has 3 N–H and O–H groups in total. The van der Waals surface area contributed by atoms with Crippen molar-refractivity contribution in [2.45, 2.75) is 37.5 Å². The molecule has 2 saturated heterocycles. The zero-order valence-corrected chi connectivity index (χ0v) is 10.9. The summed E-state index contributed by atoms with van der Waals surface area (Å²) >= 11 is 0. The molecular weight excluding hydrogens is 244 g/mol. The summed E-state index contributed by atoms with van der Waals surface area (Å²) < 4.78 is 10.8. The van der Waals surface area contributed by atoms with Crippen LogP contribution in [-0.2, 0) is 4.74 Å². The number of nitrogens with one attached hydrogen (secondary N) is 1. The first-order valence-electron chi connectivity index (χ1n) is 6.57. The van der Waals surface area contributed by atoms with Gasteiger partial charge in [0.1, 0.15) is 5.75 Å². The molecule has 3 atom stereocenters. The fourth-order valence-electron chi connectivity index (χ4n) is 2.92. The zero-order chi connectivity index (χ0) is 13.4. The summed E-state index contributed by atoms with van der Waals surface area (Å²) in [6.07, 6.45) is 3.59. The van der Waals surface area contributed by atoms with Crippen LogP contribution in [0.4, 0.5) is 5.69 Å². The molecule has 1 aromatic carbocycles. The number of methoxy groups -OCH3 is 1. The van der Waals surface area contributed by atoms with Crippen LogP contribution >= 0.6 is 0 Å². The molecular formula is C14H18N2O3. The number of benzene rings is 1.